The van der Waals surface area contributed by atoms with Gasteiger partial charge in [0.25, 0.3) is 5.91 Å². The van der Waals surface area contributed by atoms with Crippen molar-refractivity contribution in [1.29, 1.82) is 0 Å². The summed E-state index contributed by atoms with van der Waals surface area (Å²) >= 11 is 0. The van der Waals surface area contributed by atoms with Crippen LogP contribution < -0.4 is 5.73 Å². The Kier molecular flexibility index (Phi) is 12.4. The number of benzene rings is 1. The number of primary amides is 1. The zero-order valence-corrected chi connectivity index (χ0v) is 28.6. The molecule has 1 aromatic rings. The SMILES string of the molecule is CCC1=C2CCCC(=O)CCC2=CC(c2cc(C(CC)CCCCCC(C)C(C)C)c(C(N)=O)c3c2C(CC)CC=N3)=CC1. The quantitative estimate of drug-likeness (QED) is 0.229. The Bertz CT molecular complexity index is 1330. The lowest BCUT2D eigenvalue weighted by molar-refractivity contribution is -0.119. The van der Waals surface area contributed by atoms with Crippen LogP contribution in [-0.2, 0) is 4.79 Å². The number of carbonyl (C=O) groups excluding carboxylic acids is 2. The van der Waals surface area contributed by atoms with Gasteiger partial charge in [-0.25, -0.2) is 0 Å². The highest BCUT2D eigenvalue weighted by atomic mass is 16.1. The van der Waals surface area contributed by atoms with Crippen LogP contribution >= 0.6 is 0 Å². The summed E-state index contributed by atoms with van der Waals surface area (Å²) < 4.78 is 0. The lowest BCUT2D eigenvalue weighted by Crippen LogP contribution is -2.20. The van der Waals surface area contributed by atoms with E-state index in [0.29, 0.717) is 30.1 Å². The van der Waals surface area contributed by atoms with E-state index in [1.54, 1.807) is 0 Å². The predicted octanol–water partition coefficient (Wildman–Crippen LogP) is 11.1. The molecule has 0 aromatic heterocycles. The smallest absolute Gasteiger partial charge is 0.251 e. The molecule has 2 N–H and O–H groups in total. The summed E-state index contributed by atoms with van der Waals surface area (Å²) in [5, 5.41) is 0. The zero-order valence-electron chi connectivity index (χ0n) is 28.6. The molecule has 3 unspecified atom stereocenters. The molecule has 1 fully saturated rings. The van der Waals surface area contributed by atoms with Crippen LogP contribution in [0.2, 0.25) is 0 Å². The molecular formula is C40H58N2O2. The summed E-state index contributed by atoms with van der Waals surface area (Å²) in [6, 6.07) is 2.34. The van der Waals surface area contributed by atoms with Crippen molar-refractivity contribution in [1.82, 2.24) is 0 Å². The summed E-state index contributed by atoms with van der Waals surface area (Å²) in [4.78, 5) is 30.7. The third-order valence-electron chi connectivity index (χ3n) is 10.9. The van der Waals surface area contributed by atoms with Gasteiger partial charge in [-0.05, 0) is 121 Å². The number of fused-ring (bicyclic) bond motifs is 2. The molecule has 0 radical (unpaired) electrons. The van der Waals surface area contributed by atoms with Crippen molar-refractivity contribution in [2.24, 2.45) is 22.6 Å². The molecule has 1 amide bonds. The van der Waals surface area contributed by atoms with Crippen molar-refractivity contribution in [2.45, 2.75) is 150 Å². The largest absolute Gasteiger partial charge is 0.366 e. The second kappa shape index (κ2) is 16.0. The van der Waals surface area contributed by atoms with Gasteiger partial charge < -0.3 is 5.73 Å². The van der Waals surface area contributed by atoms with Crippen molar-refractivity contribution in [3.05, 3.63) is 57.2 Å². The maximum absolute atomic E-state index is 13.2. The Morgan fingerprint density at radius 3 is 2.48 bits per heavy atom. The lowest BCUT2D eigenvalue weighted by atomic mass is 9.77. The zero-order chi connectivity index (χ0) is 31.8. The number of amides is 1. The summed E-state index contributed by atoms with van der Waals surface area (Å²) in [6.45, 7) is 13.7. The molecular weight excluding hydrogens is 540 g/mol. The molecule has 1 aromatic carbocycles. The highest BCUT2D eigenvalue weighted by Crippen LogP contribution is 2.47. The molecule has 1 heterocycles. The van der Waals surface area contributed by atoms with E-state index in [-0.39, 0.29) is 11.8 Å². The number of carbonyl (C=O) groups is 2. The van der Waals surface area contributed by atoms with Crippen molar-refractivity contribution in [3.8, 4) is 0 Å². The van der Waals surface area contributed by atoms with Gasteiger partial charge in [0, 0.05) is 19.1 Å². The number of unbranched alkanes of at least 4 members (excludes halogenated alkanes) is 2. The molecule has 4 heteroatoms. The van der Waals surface area contributed by atoms with Crippen LogP contribution in [0.25, 0.3) is 5.57 Å². The van der Waals surface area contributed by atoms with Gasteiger partial charge in [0.2, 0.25) is 0 Å². The van der Waals surface area contributed by atoms with Gasteiger partial charge in [-0.1, -0.05) is 85.0 Å². The molecule has 44 heavy (non-hydrogen) atoms. The van der Waals surface area contributed by atoms with Crippen LogP contribution in [0.3, 0.4) is 0 Å². The average molecular weight is 599 g/mol. The number of rotatable bonds is 13. The Morgan fingerprint density at radius 1 is 1.02 bits per heavy atom. The van der Waals surface area contributed by atoms with Crippen molar-refractivity contribution in [2.75, 3.05) is 0 Å². The van der Waals surface area contributed by atoms with E-state index < -0.39 is 0 Å². The van der Waals surface area contributed by atoms with Crippen LogP contribution in [0, 0.1) is 11.8 Å². The Hall–Kier alpha value is -2.75. The molecule has 4 rings (SSSR count). The Labute approximate surface area is 267 Å². The molecule has 0 bridgehead atoms. The van der Waals surface area contributed by atoms with Gasteiger partial charge in [-0.3, -0.25) is 14.6 Å². The van der Waals surface area contributed by atoms with Crippen LogP contribution in [-0.4, -0.2) is 17.9 Å². The van der Waals surface area contributed by atoms with Gasteiger partial charge in [-0.2, -0.15) is 0 Å². The summed E-state index contributed by atoms with van der Waals surface area (Å²) in [7, 11) is 0. The van der Waals surface area contributed by atoms with E-state index in [0.717, 1.165) is 87.3 Å². The van der Waals surface area contributed by atoms with E-state index in [4.69, 9.17) is 10.7 Å². The second-order valence-electron chi connectivity index (χ2n) is 14.0. The molecule has 0 spiro atoms. The van der Waals surface area contributed by atoms with Gasteiger partial charge in [0.1, 0.15) is 5.78 Å². The third kappa shape index (κ3) is 7.90. The number of Topliss-reactive ketones (excluding diaryl/α,β-unsaturated/α-hetero) is 1. The van der Waals surface area contributed by atoms with Crippen molar-refractivity contribution < 1.29 is 9.59 Å². The molecule has 3 atom stereocenters. The summed E-state index contributed by atoms with van der Waals surface area (Å²) in [6.07, 6.45) is 21.6. The van der Waals surface area contributed by atoms with Gasteiger partial charge >= 0.3 is 0 Å². The van der Waals surface area contributed by atoms with Gasteiger partial charge in [-0.15, -0.1) is 0 Å². The molecule has 3 aliphatic rings. The van der Waals surface area contributed by atoms with E-state index in [2.05, 4.69) is 59.8 Å². The number of ketones is 1. The minimum Gasteiger partial charge on any atom is -0.366 e. The van der Waals surface area contributed by atoms with Crippen LogP contribution in [0.1, 0.15) is 177 Å². The van der Waals surface area contributed by atoms with Gasteiger partial charge in [0.15, 0.2) is 0 Å². The molecule has 1 saturated carbocycles. The van der Waals surface area contributed by atoms with E-state index in [1.165, 1.54) is 52.7 Å². The van der Waals surface area contributed by atoms with Crippen molar-refractivity contribution >= 4 is 29.2 Å². The maximum atomic E-state index is 13.2. The number of allylic oxidation sites excluding steroid dienone is 6. The van der Waals surface area contributed by atoms with Gasteiger partial charge in [0.05, 0.1) is 11.3 Å². The number of nitrogens with zero attached hydrogens (tertiary/aromatic N) is 1. The third-order valence-corrected chi connectivity index (χ3v) is 10.9. The minimum atomic E-state index is -0.357. The normalized spacial score (nSPS) is 20.2. The molecule has 1 aliphatic heterocycles. The molecule has 0 saturated heterocycles. The number of nitrogens with two attached hydrogens (primary N) is 1. The molecule has 240 valence electrons. The minimum absolute atomic E-state index is 0.263. The predicted molar refractivity (Wildman–Crippen MR) is 187 cm³/mol. The van der Waals surface area contributed by atoms with Crippen LogP contribution in [0.15, 0.2) is 39.9 Å². The summed E-state index contributed by atoms with van der Waals surface area (Å²) in [5.41, 5.74) is 16.7. The highest BCUT2D eigenvalue weighted by Gasteiger charge is 2.31. The first-order valence-electron chi connectivity index (χ1n) is 17.9. The fourth-order valence-corrected chi connectivity index (χ4v) is 7.66. The number of hydrogen-bond donors (Lipinski definition) is 1. The van der Waals surface area contributed by atoms with Crippen LogP contribution in [0.4, 0.5) is 5.69 Å². The average Bonchev–Trinajstić information content (AvgIpc) is 3.17. The fraction of sp³-hybridized carbons (Fsp3) is 0.625. The van der Waals surface area contributed by atoms with E-state index in [1.807, 2.05) is 6.21 Å². The fourth-order valence-electron chi connectivity index (χ4n) is 7.66. The van der Waals surface area contributed by atoms with Crippen LogP contribution in [0.5, 0.6) is 0 Å². The lowest BCUT2D eigenvalue weighted by Gasteiger charge is -2.29. The molecule has 2 aliphatic carbocycles. The topological polar surface area (TPSA) is 72.5 Å². The highest BCUT2D eigenvalue weighted by molar-refractivity contribution is 6.03. The standard InChI is InChI=1S/C40H58N2O2/c1-7-28(15-12-10-11-14-27(6)26(4)5)35-25-36(37-30(9-3)22-23-42-39(37)38(35)40(41)44)32-19-18-29(8-2)34-17-13-16-33(43)21-20-31(34)24-32/h19,23-28,30H,7-18,20-22H2,1-6H3,(H2,41,44). The first-order valence-corrected chi connectivity index (χ1v) is 17.9. The first-order chi connectivity index (χ1) is 21.2. The summed E-state index contributed by atoms with van der Waals surface area (Å²) in [5.74, 6) is 2.07. The Morgan fingerprint density at radius 2 is 1.80 bits per heavy atom. The maximum Gasteiger partial charge on any atom is 0.251 e. The van der Waals surface area contributed by atoms with E-state index >= 15 is 0 Å². The molecule has 4 nitrogen and oxygen atoms in total. The number of aliphatic imine (C=N–C) groups is 1. The number of hydrogen-bond acceptors (Lipinski definition) is 3. The Balaban J connectivity index is 1.79. The monoisotopic (exact) mass is 598 g/mol. The second-order valence-corrected chi connectivity index (χ2v) is 14.0. The van der Waals surface area contributed by atoms with E-state index in [9.17, 15) is 9.59 Å². The van der Waals surface area contributed by atoms with Crippen molar-refractivity contribution in [3.63, 3.8) is 0 Å². The first kappa shape index (κ1) is 34.1.